The highest BCUT2D eigenvalue weighted by atomic mass is 32.2. The second-order valence-corrected chi connectivity index (χ2v) is 8.46. The van der Waals surface area contributed by atoms with Gasteiger partial charge in [-0.15, -0.1) is 0 Å². The van der Waals surface area contributed by atoms with Crippen LogP contribution in [-0.4, -0.2) is 54.1 Å². The highest BCUT2D eigenvalue weighted by molar-refractivity contribution is 7.85. The van der Waals surface area contributed by atoms with Gasteiger partial charge in [-0.2, -0.15) is 0 Å². The molecule has 1 aliphatic heterocycles. The Morgan fingerprint density at radius 3 is 2.40 bits per heavy atom. The first-order chi connectivity index (χ1) is 14.5. The fraction of sp³-hybridized carbons (Fsp3) is 0.364. The number of benzene rings is 2. The lowest BCUT2D eigenvalue weighted by atomic mass is 9.99. The molecule has 0 N–H and O–H groups in total. The number of esters is 1. The summed E-state index contributed by atoms with van der Waals surface area (Å²) in [4.78, 5) is 27.2. The number of fused-ring (bicyclic) bond motifs is 1. The number of amides is 1. The van der Waals surface area contributed by atoms with E-state index >= 15 is 0 Å². The smallest absolute Gasteiger partial charge is 0.339 e. The standard InChI is InChI=1S/C22H25NO6S/c1-4-30(26)20-8-6-5-7-17(20)22(25)29-14-21(24)23-10-9-15-11-18(27-2)19(28-3)12-16(15)13-23/h5-8,11-12H,4,9-10,13-14H2,1-3H3. The van der Waals surface area contributed by atoms with Crippen molar-refractivity contribution in [3.8, 4) is 11.5 Å². The van der Waals surface area contributed by atoms with Crippen LogP contribution in [0, 0.1) is 0 Å². The molecule has 30 heavy (non-hydrogen) atoms. The van der Waals surface area contributed by atoms with Crippen LogP contribution < -0.4 is 9.47 Å². The molecule has 7 nitrogen and oxygen atoms in total. The van der Waals surface area contributed by atoms with Crippen molar-refractivity contribution in [3.63, 3.8) is 0 Å². The Labute approximate surface area is 178 Å². The fourth-order valence-electron chi connectivity index (χ4n) is 3.38. The first-order valence-corrected chi connectivity index (χ1v) is 11.0. The van der Waals surface area contributed by atoms with Gasteiger partial charge < -0.3 is 19.1 Å². The van der Waals surface area contributed by atoms with Crippen molar-refractivity contribution in [2.75, 3.05) is 33.1 Å². The first kappa shape index (κ1) is 21.8. The second kappa shape index (κ2) is 9.75. The largest absolute Gasteiger partial charge is 0.493 e. The van der Waals surface area contributed by atoms with Gasteiger partial charge in [0.05, 0.1) is 35.5 Å². The average molecular weight is 432 g/mol. The van der Waals surface area contributed by atoms with Gasteiger partial charge in [0.1, 0.15) is 0 Å². The van der Waals surface area contributed by atoms with Crippen LogP contribution in [0.1, 0.15) is 28.4 Å². The van der Waals surface area contributed by atoms with Crippen LogP contribution >= 0.6 is 0 Å². The number of methoxy groups -OCH3 is 2. The zero-order valence-electron chi connectivity index (χ0n) is 17.3. The van der Waals surface area contributed by atoms with Gasteiger partial charge in [-0.1, -0.05) is 19.1 Å². The third kappa shape index (κ3) is 4.64. The second-order valence-electron chi connectivity index (χ2n) is 6.75. The monoisotopic (exact) mass is 431 g/mol. The Morgan fingerprint density at radius 2 is 1.73 bits per heavy atom. The van der Waals surface area contributed by atoms with E-state index in [4.69, 9.17) is 14.2 Å². The minimum absolute atomic E-state index is 0.228. The van der Waals surface area contributed by atoms with Gasteiger partial charge in [0, 0.05) is 18.8 Å². The van der Waals surface area contributed by atoms with E-state index < -0.39 is 16.8 Å². The van der Waals surface area contributed by atoms with Gasteiger partial charge in [-0.05, 0) is 41.8 Å². The maximum absolute atomic E-state index is 12.6. The summed E-state index contributed by atoms with van der Waals surface area (Å²) in [6.07, 6.45) is 0.674. The molecule has 2 aromatic carbocycles. The molecular formula is C22H25NO6S. The van der Waals surface area contributed by atoms with Crippen molar-refractivity contribution >= 4 is 22.7 Å². The summed E-state index contributed by atoms with van der Waals surface area (Å²) in [7, 11) is 1.87. The van der Waals surface area contributed by atoms with Crippen LogP contribution in [0.4, 0.5) is 0 Å². The number of rotatable bonds is 7. The molecule has 0 bridgehead atoms. The maximum Gasteiger partial charge on any atom is 0.339 e. The van der Waals surface area contributed by atoms with E-state index in [0.717, 1.165) is 11.1 Å². The molecule has 0 spiro atoms. The topological polar surface area (TPSA) is 82.1 Å². The number of hydrogen-bond acceptors (Lipinski definition) is 6. The van der Waals surface area contributed by atoms with Crippen LogP contribution in [0.5, 0.6) is 11.5 Å². The van der Waals surface area contributed by atoms with E-state index in [2.05, 4.69) is 0 Å². The summed E-state index contributed by atoms with van der Waals surface area (Å²) >= 11 is 0. The lowest BCUT2D eigenvalue weighted by Gasteiger charge is -2.29. The molecule has 0 saturated heterocycles. The minimum Gasteiger partial charge on any atom is -0.493 e. The molecule has 8 heteroatoms. The van der Waals surface area contributed by atoms with Gasteiger partial charge in [-0.3, -0.25) is 9.00 Å². The molecule has 160 valence electrons. The number of ether oxygens (including phenoxy) is 3. The van der Waals surface area contributed by atoms with Crippen molar-refractivity contribution in [2.24, 2.45) is 0 Å². The molecular weight excluding hydrogens is 406 g/mol. The summed E-state index contributed by atoms with van der Waals surface area (Å²) in [6, 6.07) is 10.4. The lowest BCUT2D eigenvalue weighted by molar-refractivity contribution is -0.135. The zero-order valence-corrected chi connectivity index (χ0v) is 18.1. The number of carbonyl (C=O) groups is 2. The first-order valence-electron chi connectivity index (χ1n) is 9.64. The van der Waals surface area contributed by atoms with Crippen molar-refractivity contribution in [1.82, 2.24) is 4.90 Å². The van der Waals surface area contributed by atoms with Gasteiger partial charge in [-0.25, -0.2) is 4.79 Å². The van der Waals surface area contributed by atoms with E-state index in [9.17, 15) is 13.8 Å². The van der Waals surface area contributed by atoms with Gasteiger partial charge in [0.15, 0.2) is 18.1 Å². The molecule has 1 unspecified atom stereocenters. The molecule has 1 heterocycles. The molecule has 0 aliphatic carbocycles. The summed E-state index contributed by atoms with van der Waals surface area (Å²) in [5.41, 5.74) is 2.30. The van der Waals surface area contributed by atoms with Gasteiger partial charge in [0.2, 0.25) is 0 Å². The highest BCUT2D eigenvalue weighted by Gasteiger charge is 2.24. The van der Waals surface area contributed by atoms with Gasteiger partial charge in [0.25, 0.3) is 5.91 Å². The summed E-state index contributed by atoms with van der Waals surface area (Å²) < 4.78 is 28.1. The number of nitrogens with zero attached hydrogens (tertiary/aromatic N) is 1. The van der Waals surface area contributed by atoms with Crippen molar-refractivity contribution in [3.05, 3.63) is 53.1 Å². The molecule has 0 saturated carbocycles. The molecule has 0 aromatic heterocycles. The van der Waals surface area contributed by atoms with E-state index in [0.29, 0.717) is 41.7 Å². The zero-order chi connectivity index (χ0) is 21.7. The van der Waals surface area contributed by atoms with Crippen molar-refractivity contribution < 1.29 is 28.0 Å². The SMILES string of the molecule is CCS(=O)c1ccccc1C(=O)OCC(=O)N1CCc2cc(OC)c(OC)cc2C1. The summed E-state index contributed by atoms with van der Waals surface area (Å²) in [5, 5.41) is 0. The minimum atomic E-state index is -1.29. The average Bonchev–Trinajstić information content (AvgIpc) is 2.80. The lowest BCUT2D eigenvalue weighted by Crippen LogP contribution is -2.38. The Kier molecular flexibility index (Phi) is 7.10. The molecule has 0 radical (unpaired) electrons. The van der Waals surface area contributed by atoms with Crippen LogP contribution in [0.3, 0.4) is 0 Å². The predicted molar refractivity (Wildman–Crippen MR) is 112 cm³/mol. The van der Waals surface area contributed by atoms with Crippen LogP contribution in [0.2, 0.25) is 0 Å². The van der Waals surface area contributed by atoms with Crippen LogP contribution in [-0.2, 0) is 33.3 Å². The van der Waals surface area contributed by atoms with E-state index in [1.807, 2.05) is 12.1 Å². The summed E-state index contributed by atoms with van der Waals surface area (Å²) in [6.45, 7) is 2.34. The Hall–Kier alpha value is -2.87. The van der Waals surface area contributed by atoms with E-state index in [1.54, 1.807) is 50.3 Å². The molecule has 1 atom stereocenters. The number of hydrogen-bond donors (Lipinski definition) is 0. The molecule has 0 fully saturated rings. The van der Waals surface area contributed by atoms with Crippen LogP contribution in [0.25, 0.3) is 0 Å². The predicted octanol–water partition coefficient (Wildman–Crippen LogP) is 2.57. The van der Waals surface area contributed by atoms with Crippen molar-refractivity contribution in [1.29, 1.82) is 0 Å². The number of carbonyl (C=O) groups excluding carboxylic acids is 2. The fourth-order valence-corrected chi connectivity index (χ4v) is 4.32. The molecule has 1 amide bonds. The van der Waals surface area contributed by atoms with Gasteiger partial charge >= 0.3 is 5.97 Å². The normalized spacial score (nSPS) is 13.9. The van der Waals surface area contributed by atoms with E-state index in [1.165, 1.54) is 0 Å². The molecule has 3 rings (SSSR count). The summed E-state index contributed by atoms with van der Waals surface area (Å²) in [5.74, 6) is 0.734. The maximum atomic E-state index is 12.6. The quantitative estimate of drug-likeness (QED) is 0.627. The van der Waals surface area contributed by atoms with Crippen molar-refractivity contribution in [2.45, 2.75) is 24.8 Å². The molecule has 1 aliphatic rings. The Bertz CT molecular complexity index is 974. The Balaban J connectivity index is 1.66. The third-order valence-electron chi connectivity index (χ3n) is 5.01. The highest BCUT2D eigenvalue weighted by Crippen LogP contribution is 2.33. The molecule has 2 aromatic rings. The Morgan fingerprint density at radius 1 is 1.07 bits per heavy atom. The third-order valence-corrected chi connectivity index (χ3v) is 6.38. The van der Waals surface area contributed by atoms with Crippen LogP contribution in [0.15, 0.2) is 41.3 Å². The van der Waals surface area contributed by atoms with E-state index in [-0.39, 0.29) is 18.1 Å².